The standard InChI is InChI=1S/C21H26ClF3N4O/c1-14-6-5-7-15(2)29(14)11-10-28(13-16-8-3-4-9-17(16)22)20(30)18-12-19(27-26-18)21(23,24)25/h3-4,8-9,12,14-15H,5-7,10-11,13H2,1-2H3,(H,26,27). The average molecular weight is 443 g/mol. The SMILES string of the molecule is CC1CCCC(C)N1CCN(Cc1ccccc1Cl)C(=O)c1cc(C(F)(F)F)[nH]n1. The summed E-state index contributed by atoms with van der Waals surface area (Å²) >= 11 is 6.26. The van der Waals surface area contributed by atoms with Crippen LogP contribution in [-0.4, -0.2) is 51.1 Å². The Labute approximate surface area is 179 Å². The quantitative estimate of drug-likeness (QED) is 0.685. The molecular weight excluding hydrogens is 417 g/mol. The third-order valence-corrected chi connectivity index (χ3v) is 6.08. The summed E-state index contributed by atoms with van der Waals surface area (Å²) in [4.78, 5) is 16.9. The molecule has 1 aromatic heterocycles. The van der Waals surface area contributed by atoms with E-state index >= 15 is 0 Å². The van der Waals surface area contributed by atoms with E-state index in [9.17, 15) is 18.0 Å². The molecule has 5 nitrogen and oxygen atoms in total. The van der Waals surface area contributed by atoms with Crippen LogP contribution in [0.15, 0.2) is 30.3 Å². The zero-order chi connectivity index (χ0) is 21.9. The number of nitrogens with zero attached hydrogens (tertiary/aromatic N) is 3. The van der Waals surface area contributed by atoms with Crippen molar-refractivity contribution in [3.05, 3.63) is 52.3 Å². The van der Waals surface area contributed by atoms with Gasteiger partial charge in [-0.2, -0.15) is 18.3 Å². The number of hydrogen-bond donors (Lipinski definition) is 1. The summed E-state index contributed by atoms with van der Waals surface area (Å²) in [6.07, 6.45) is -1.22. The molecule has 0 aliphatic carbocycles. The first-order valence-electron chi connectivity index (χ1n) is 10.1. The fraction of sp³-hybridized carbons (Fsp3) is 0.524. The molecule has 1 aliphatic rings. The van der Waals surface area contributed by atoms with Crippen LogP contribution in [0.2, 0.25) is 5.02 Å². The largest absolute Gasteiger partial charge is 0.432 e. The summed E-state index contributed by atoms with van der Waals surface area (Å²) in [7, 11) is 0. The molecule has 1 aromatic carbocycles. The maximum atomic E-state index is 13.1. The molecule has 2 heterocycles. The van der Waals surface area contributed by atoms with Crippen LogP contribution in [0.4, 0.5) is 13.2 Å². The number of nitrogens with one attached hydrogen (secondary N) is 1. The maximum Gasteiger partial charge on any atom is 0.432 e. The molecule has 1 N–H and O–H groups in total. The Morgan fingerprint density at radius 1 is 1.27 bits per heavy atom. The molecular formula is C21H26ClF3N4O. The van der Waals surface area contributed by atoms with Crippen molar-refractivity contribution in [1.29, 1.82) is 0 Å². The summed E-state index contributed by atoms with van der Waals surface area (Å²) in [6.45, 7) is 5.53. The van der Waals surface area contributed by atoms with Crippen molar-refractivity contribution < 1.29 is 18.0 Å². The van der Waals surface area contributed by atoms with Crippen molar-refractivity contribution in [2.45, 2.75) is 57.9 Å². The lowest BCUT2D eigenvalue weighted by atomic mass is 9.97. The third kappa shape index (κ3) is 5.35. The predicted molar refractivity (Wildman–Crippen MR) is 109 cm³/mol. The molecule has 164 valence electrons. The average Bonchev–Trinajstić information content (AvgIpc) is 3.18. The lowest BCUT2D eigenvalue weighted by molar-refractivity contribution is -0.141. The van der Waals surface area contributed by atoms with Crippen LogP contribution in [0.1, 0.15) is 54.9 Å². The van der Waals surface area contributed by atoms with Crippen LogP contribution >= 0.6 is 11.6 Å². The van der Waals surface area contributed by atoms with Gasteiger partial charge in [-0.05, 0) is 38.3 Å². The van der Waals surface area contributed by atoms with Gasteiger partial charge in [0.15, 0.2) is 5.69 Å². The van der Waals surface area contributed by atoms with Gasteiger partial charge in [-0.25, -0.2) is 0 Å². The highest BCUT2D eigenvalue weighted by Gasteiger charge is 2.34. The lowest BCUT2D eigenvalue weighted by Crippen LogP contribution is -2.48. The van der Waals surface area contributed by atoms with Crippen LogP contribution in [0, 0.1) is 0 Å². The van der Waals surface area contributed by atoms with Gasteiger partial charge in [0, 0.05) is 42.8 Å². The van der Waals surface area contributed by atoms with E-state index in [2.05, 4.69) is 23.8 Å². The number of aromatic amines is 1. The van der Waals surface area contributed by atoms with E-state index in [0.29, 0.717) is 30.2 Å². The van der Waals surface area contributed by atoms with Gasteiger partial charge in [0.1, 0.15) is 5.69 Å². The van der Waals surface area contributed by atoms with Crippen LogP contribution in [0.3, 0.4) is 0 Å². The van der Waals surface area contributed by atoms with Crippen LogP contribution < -0.4 is 0 Å². The predicted octanol–water partition coefficient (Wildman–Crippen LogP) is 4.99. The lowest BCUT2D eigenvalue weighted by Gasteiger charge is -2.40. The topological polar surface area (TPSA) is 52.2 Å². The number of halogens is 4. The van der Waals surface area contributed by atoms with Gasteiger partial charge in [-0.1, -0.05) is 36.2 Å². The summed E-state index contributed by atoms with van der Waals surface area (Å²) in [5.74, 6) is -0.556. The number of likely N-dealkylation sites (tertiary alicyclic amines) is 1. The first-order valence-corrected chi connectivity index (χ1v) is 10.5. The van der Waals surface area contributed by atoms with Gasteiger partial charge in [0.25, 0.3) is 5.91 Å². The summed E-state index contributed by atoms with van der Waals surface area (Å²) in [5.41, 5.74) is -0.560. The zero-order valence-corrected chi connectivity index (χ0v) is 17.8. The maximum absolute atomic E-state index is 13.1. The number of alkyl halides is 3. The summed E-state index contributed by atoms with van der Waals surface area (Å²) in [6, 6.07) is 8.69. The molecule has 0 spiro atoms. The van der Waals surface area contributed by atoms with Crippen molar-refractivity contribution in [2.24, 2.45) is 0 Å². The Balaban J connectivity index is 1.80. The molecule has 1 aliphatic heterocycles. The Bertz CT molecular complexity index is 860. The molecule has 0 saturated carbocycles. The van der Waals surface area contributed by atoms with Gasteiger partial charge in [-0.15, -0.1) is 0 Å². The zero-order valence-electron chi connectivity index (χ0n) is 17.0. The second-order valence-electron chi connectivity index (χ2n) is 7.85. The Kier molecular flexibility index (Phi) is 7.08. The summed E-state index contributed by atoms with van der Waals surface area (Å²) in [5, 5.41) is 6.03. The van der Waals surface area contributed by atoms with Crippen molar-refractivity contribution in [3.8, 4) is 0 Å². The molecule has 1 amide bonds. The molecule has 1 saturated heterocycles. The van der Waals surface area contributed by atoms with E-state index in [1.54, 1.807) is 18.2 Å². The van der Waals surface area contributed by atoms with Gasteiger partial charge in [0.2, 0.25) is 0 Å². The van der Waals surface area contributed by atoms with Crippen LogP contribution in [0.25, 0.3) is 0 Å². The molecule has 1 fully saturated rings. The Hall–Kier alpha value is -2.06. The van der Waals surface area contributed by atoms with Gasteiger partial charge in [-0.3, -0.25) is 14.8 Å². The van der Waals surface area contributed by atoms with E-state index in [1.165, 1.54) is 11.3 Å². The monoisotopic (exact) mass is 442 g/mol. The highest BCUT2D eigenvalue weighted by Crippen LogP contribution is 2.28. The van der Waals surface area contributed by atoms with Gasteiger partial charge >= 0.3 is 6.18 Å². The highest BCUT2D eigenvalue weighted by molar-refractivity contribution is 6.31. The second-order valence-corrected chi connectivity index (χ2v) is 8.26. The van der Waals surface area contributed by atoms with Crippen molar-refractivity contribution in [2.75, 3.05) is 13.1 Å². The van der Waals surface area contributed by atoms with Crippen LogP contribution in [0.5, 0.6) is 0 Å². The molecule has 0 bridgehead atoms. The van der Waals surface area contributed by atoms with E-state index in [1.807, 2.05) is 11.2 Å². The minimum absolute atomic E-state index is 0.198. The number of carbonyl (C=O) groups is 1. The van der Waals surface area contributed by atoms with E-state index in [4.69, 9.17) is 11.6 Å². The van der Waals surface area contributed by atoms with E-state index < -0.39 is 17.8 Å². The highest BCUT2D eigenvalue weighted by atomic mass is 35.5. The molecule has 3 rings (SSSR count). The van der Waals surface area contributed by atoms with Gasteiger partial charge in [0.05, 0.1) is 0 Å². The minimum atomic E-state index is -4.59. The molecule has 0 radical (unpaired) electrons. The van der Waals surface area contributed by atoms with Gasteiger partial charge < -0.3 is 4.90 Å². The fourth-order valence-corrected chi connectivity index (χ4v) is 4.17. The number of amides is 1. The number of hydrogen-bond acceptors (Lipinski definition) is 3. The molecule has 30 heavy (non-hydrogen) atoms. The normalized spacial score (nSPS) is 20.3. The number of piperidine rings is 1. The Morgan fingerprint density at radius 3 is 2.53 bits per heavy atom. The molecule has 2 atom stereocenters. The minimum Gasteiger partial charge on any atom is -0.332 e. The van der Waals surface area contributed by atoms with Crippen molar-refractivity contribution in [3.63, 3.8) is 0 Å². The number of benzene rings is 1. The first-order chi connectivity index (χ1) is 14.2. The number of H-pyrrole nitrogens is 1. The molecule has 2 aromatic rings. The van der Waals surface area contributed by atoms with Crippen LogP contribution in [-0.2, 0) is 12.7 Å². The van der Waals surface area contributed by atoms with E-state index in [-0.39, 0.29) is 12.2 Å². The summed E-state index contributed by atoms with van der Waals surface area (Å²) < 4.78 is 38.8. The van der Waals surface area contributed by atoms with Crippen molar-refractivity contribution >= 4 is 17.5 Å². The van der Waals surface area contributed by atoms with E-state index in [0.717, 1.165) is 24.5 Å². The second kappa shape index (κ2) is 9.39. The smallest absolute Gasteiger partial charge is 0.332 e. The first kappa shape index (κ1) is 22.6. The fourth-order valence-electron chi connectivity index (χ4n) is 3.97. The molecule has 2 unspecified atom stereocenters. The third-order valence-electron chi connectivity index (χ3n) is 5.71. The van der Waals surface area contributed by atoms with Crippen molar-refractivity contribution in [1.82, 2.24) is 20.0 Å². The molecule has 9 heteroatoms. The number of carbonyl (C=O) groups excluding carboxylic acids is 1. The number of rotatable bonds is 6. The number of aromatic nitrogens is 2. The Morgan fingerprint density at radius 2 is 1.93 bits per heavy atom.